The molecule has 3 heteroatoms. The number of rotatable bonds is 7. The number of nitrogens with one attached hydrogen (secondary N) is 1. The van der Waals surface area contributed by atoms with E-state index in [1.807, 2.05) is 13.8 Å². The average Bonchev–Trinajstić information content (AvgIpc) is 2.10. The molecule has 0 spiro atoms. The molecule has 0 aliphatic rings. The molecule has 0 aromatic heterocycles. The zero-order chi connectivity index (χ0) is 13.7. The third-order valence-corrected chi connectivity index (χ3v) is 2.37. The molecule has 0 rings (SSSR count). The molecule has 0 radical (unpaired) electrons. The van der Waals surface area contributed by atoms with Gasteiger partial charge in [0, 0.05) is 25.2 Å². The first-order chi connectivity index (χ1) is 7.53. The van der Waals surface area contributed by atoms with Crippen LogP contribution in [0.4, 0.5) is 0 Å². The van der Waals surface area contributed by atoms with Crippen LogP contribution in [-0.2, 0) is 0 Å². The quantitative estimate of drug-likeness (QED) is 0.671. The maximum absolute atomic E-state index is 9.80. The molecule has 102 valence electrons. The highest BCUT2D eigenvalue weighted by Gasteiger charge is 2.18. The Hall–Kier alpha value is -0.380. The Labute approximate surface area is 107 Å². The van der Waals surface area contributed by atoms with Crippen LogP contribution in [0.5, 0.6) is 0 Å². The second-order valence-corrected chi connectivity index (χ2v) is 6.47. The lowest BCUT2D eigenvalue weighted by Crippen LogP contribution is -2.42. The SMILES string of the molecule is C=C(CNC(C)(C)C)CN(CC)CC(C)(C)O. The standard InChI is InChI=1S/C14H30N2O/c1-8-16(11-14(6,7)17)10-12(2)9-15-13(3,4)5/h15,17H,2,8-11H2,1,3-7H3. The number of aliphatic hydroxyl groups is 1. The normalized spacial score (nSPS) is 13.2. The van der Waals surface area contributed by atoms with Gasteiger partial charge in [-0.15, -0.1) is 0 Å². The smallest absolute Gasteiger partial charge is 0.0718 e. The lowest BCUT2D eigenvalue weighted by molar-refractivity contribution is 0.0407. The van der Waals surface area contributed by atoms with Gasteiger partial charge in [0.15, 0.2) is 0 Å². The van der Waals surface area contributed by atoms with Crippen LogP contribution in [-0.4, -0.2) is 47.3 Å². The fourth-order valence-corrected chi connectivity index (χ4v) is 1.59. The molecule has 0 aromatic carbocycles. The molecule has 0 aliphatic heterocycles. The largest absolute Gasteiger partial charge is 0.389 e. The van der Waals surface area contributed by atoms with Crippen molar-refractivity contribution in [2.24, 2.45) is 0 Å². The summed E-state index contributed by atoms with van der Waals surface area (Å²) in [5.41, 5.74) is 0.635. The second-order valence-electron chi connectivity index (χ2n) is 6.47. The summed E-state index contributed by atoms with van der Waals surface area (Å²) in [7, 11) is 0. The van der Waals surface area contributed by atoms with Gasteiger partial charge in [-0.2, -0.15) is 0 Å². The monoisotopic (exact) mass is 242 g/mol. The lowest BCUT2D eigenvalue weighted by atomic mass is 10.1. The number of likely N-dealkylation sites (N-methyl/N-ethyl adjacent to an activating group) is 1. The van der Waals surface area contributed by atoms with Gasteiger partial charge >= 0.3 is 0 Å². The maximum Gasteiger partial charge on any atom is 0.0718 e. The fourth-order valence-electron chi connectivity index (χ4n) is 1.59. The minimum absolute atomic E-state index is 0.121. The highest BCUT2D eigenvalue weighted by Crippen LogP contribution is 2.07. The molecule has 0 fully saturated rings. The molecule has 0 aliphatic carbocycles. The molecule has 17 heavy (non-hydrogen) atoms. The minimum atomic E-state index is -0.645. The van der Waals surface area contributed by atoms with Gasteiger partial charge in [-0.1, -0.05) is 13.5 Å². The molecular formula is C14H30N2O. The van der Waals surface area contributed by atoms with Gasteiger partial charge in [-0.05, 0) is 46.7 Å². The third-order valence-electron chi connectivity index (χ3n) is 2.37. The Balaban J connectivity index is 4.08. The van der Waals surface area contributed by atoms with Gasteiger partial charge < -0.3 is 10.4 Å². The Bertz CT molecular complexity index is 236. The Kier molecular flexibility index (Phi) is 6.38. The van der Waals surface area contributed by atoms with Crippen molar-refractivity contribution in [1.82, 2.24) is 10.2 Å². The summed E-state index contributed by atoms with van der Waals surface area (Å²) in [6.45, 7) is 19.6. The topological polar surface area (TPSA) is 35.5 Å². The second kappa shape index (κ2) is 6.53. The van der Waals surface area contributed by atoms with Crippen LogP contribution in [0, 0.1) is 0 Å². The van der Waals surface area contributed by atoms with E-state index in [0.717, 1.165) is 25.2 Å². The number of nitrogens with zero attached hydrogens (tertiary/aromatic N) is 1. The summed E-state index contributed by atoms with van der Waals surface area (Å²) in [6.07, 6.45) is 0. The zero-order valence-corrected chi connectivity index (χ0v) is 12.4. The van der Waals surface area contributed by atoms with Crippen molar-refractivity contribution in [3.05, 3.63) is 12.2 Å². The summed E-state index contributed by atoms with van der Waals surface area (Å²) in [4.78, 5) is 2.21. The molecule has 0 heterocycles. The van der Waals surface area contributed by atoms with E-state index in [9.17, 15) is 5.11 Å². The van der Waals surface area contributed by atoms with E-state index >= 15 is 0 Å². The first-order valence-corrected chi connectivity index (χ1v) is 6.40. The van der Waals surface area contributed by atoms with Crippen LogP contribution in [0.2, 0.25) is 0 Å². The molecule has 0 unspecified atom stereocenters. The van der Waals surface area contributed by atoms with Crippen molar-refractivity contribution in [2.75, 3.05) is 26.2 Å². The van der Waals surface area contributed by atoms with E-state index < -0.39 is 5.60 Å². The summed E-state index contributed by atoms with van der Waals surface area (Å²) < 4.78 is 0. The summed E-state index contributed by atoms with van der Waals surface area (Å²) in [6, 6.07) is 0. The van der Waals surface area contributed by atoms with Crippen LogP contribution in [0.15, 0.2) is 12.2 Å². The fraction of sp³-hybridized carbons (Fsp3) is 0.857. The van der Waals surface area contributed by atoms with Crippen LogP contribution >= 0.6 is 0 Å². The predicted molar refractivity (Wildman–Crippen MR) is 75.3 cm³/mol. The number of hydrogen-bond donors (Lipinski definition) is 2. The lowest BCUT2D eigenvalue weighted by Gasteiger charge is -2.29. The van der Waals surface area contributed by atoms with Crippen LogP contribution < -0.4 is 5.32 Å². The molecule has 3 nitrogen and oxygen atoms in total. The summed E-state index contributed by atoms with van der Waals surface area (Å²) in [5.74, 6) is 0. The van der Waals surface area contributed by atoms with Crippen molar-refractivity contribution in [3.8, 4) is 0 Å². The van der Waals surface area contributed by atoms with E-state index in [-0.39, 0.29) is 5.54 Å². The van der Waals surface area contributed by atoms with Crippen LogP contribution in [0.25, 0.3) is 0 Å². The molecule has 0 atom stereocenters. The van der Waals surface area contributed by atoms with Gasteiger partial charge in [0.1, 0.15) is 0 Å². The van der Waals surface area contributed by atoms with E-state index in [4.69, 9.17) is 0 Å². The van der Waals surface area contributed by atoms with Gasteiger partial charge in [-0.3, -0.25) is 4.90 Å². The Morgan fingerprint density at radius 1 is 1.24 bits per heavy atom. The van der Waals surface area contributed by atoms with Crippen molar-refractivity contribution in [3.63, 3.8) is 0 Å². The van der Waals surface area contributed by atoms with E-state index in [1.54, 1.807) is 0 Å². The van der Waals surface area contributed by atoms with Gasteiger partial charge in [0.2, 0.25) is 0 Å². The molecule has 0 bridgehead atoms. The predicted octanol–water partition coefficient (Wildman–Crippen LogP) is 2.02. The first-order valence-electron chi connectivity index (χ1n) is 6.40. The van der Waals surface area contributed by atoms with E-state index in [1.165, 1.54) is 0 Å². The Morgan fingerprint density at radius 2 is 1.76 bits per heavy atom. The molecule has 0 saturated carbocycles. The summed E-state index contributed by atoms with van der Waals surface area (Å²) in [5, 5.41) is 13.2. The zero-order valence-electron chi connectivity index (χ0n) is 12.4. The molecule has 0 saturated heterocycles. The van der Waals surface area contributed by atoms with E-state index in [0.29, 0.717) is 6.54 Å². The third kappa shape index (κ3) is 10.5. The van der Waals surface area contributed by atoms with E-state index in [2.05, 4.69) is 44.5 Å². The molecule has 0 aromatic rings. The maximum atomic E-state index is 9.80. The average molecular weight is 242 g/mol. The highest BCUT2D eigenvalue weighted by atomic mass is 16.3. The molecule has 2 N–H and O–H groups in total. The van der Waals surface area contributed by atoms with Crippen molar-refractivity contribution < 1.29 is 5.11 Å². The first kappa shape index (κ1) is 16.6. The van der Waals surface area contributed by atoms with Crippen molar-refractivity contribution >= 4 is 0 Å². The van der Waals surface area contributed by atoms with Crippen molar-refractivity contribution in [2.45, 2.75) is 52.7 Å². The van der Waals surface area contributed by atoms with Crippen molar-refractivity contribution in [1.29, 1.82) is 0 Å². The molecule has 0 amide bonds. The van der Waals surface area contributed by atoms with Crippen LogP contribution in [0.1, 0.15) is 41.5 Å². The van der Waals surface area contributed by atoms with Gasteiger partial charge in [0.05, 0.1) is 5.60 Å². The molecular weight excluding hydrogens is 212 g/mol. The highest BCUT2D eigenvalue weighted by molar-refractivity contribution is 5.01. The van der Waals surface area contributed by atoms with Gasteiger partial charge in [-0.25, -0.2) is 0 Å². The van der Waals surface area contributed by atoms with Crippen LogP contribution in [0.3, 0.4) is 0 Å². The number of hydrogen-bond acceptors (Lipinski definition) is 3. The minimum Gasteiger partial charge on any atom is -0.389 e. The van der Waals surface area contributed by atoms with Gasteiger partial charge in [0.25, 0.3) is 0 Å². The summed E-state index contributed by atoms with van der Waals surface area (Å²) >= 11 is 0. The Morgan fingerprint density at radius 3 is 2.12 bits per heavy atom.